The van der Waals surface area contributed by atoms with Crippen LogP contribution in [-0.2, 0) is 44.2 Å². The first-order valence-corrected chi connectivity index (χ1v) is 26.0. The van der Waals surface area contributed by atoms with Crippen LogP contribution in [0.3, 0.4) is 0 Å². The maximum absolute atomic E-state index is 14.3. The normalized spacial score (nSPS) is 18.7. The van der Waals surface area contributed by atoms with Crippen LogP contribution < -0.4 is 10.0 Å². The van der Waals surface area contributed by atoms with Gasteiger partial charge in [0.05, 0.1) is 30.3 Å². The molecular formula is C45H52ClF3N8O5S3. The lowest BCUT2D eigenvalue weighted by Crippen LogP contribution is -2.42. The van der Waals surface area contributed by atoms with E-state index >= 15 is 0 Å². The van der Waals surface area contributed by atoms with Gasteiger partial charge < -0.3 is 10.1 Å². The number of sulfone groups is 1. The Hall–Kier alpha value is -4.21. The van der Waals surface area contributed by atoms with Gasteiger partial charge in [-0.3, -0.25) is 19.3 Å². The minimum Gasteiger partial charge on any atom is -0.380 e. The van der Waals surface area contributed by atoms with Crippen molar-refractivity contribution in [1.29, 1.82) is 0 Å². The molecule has 2 N–H and O–H groups in total. The Morgan fingerprint density at radius 3 is 2.35 bits per heavy atom. The first-order chi connectivity index (χ1) is 31.2. The molecule has 2 fully saturated rings. The number of ether oxygens (including phenoxy) is 1. The van der Waals surface area contributed by atoms with E-state index in [9.17, 15) is 30.0 Å². The Morgan fingerprint density at radius 2 is 1.58 bits per heavy atom. The number of morpholine rings is 1. The van der Waals surface area contributed by atoms with Crippen molar-refractivity contribution in [3.63, 3.8) is 0 Å². The number of sulfonamides is 1. The molecule has 8 rings (SSSR count). The summed E-state index contributed by atoms with van der Waals surface area (Å²) in [5, 5.41) is 12.2. The van der Waals surface area contributed by atoms with Crippen LogP contribution in [0.4, 0.5) is 24.8 Å². The molecule has 0 radical (unpaired) electrons. The van der Waals surface area contributed by atoms with Crippen molar-refractivity contribution in [2.45, 2.75) is 77.6 Å². The predicted octanol–water partition coefficient (Wildman–Crippen LogP) is 7.86. The van der Waals surface area contributed by atoms with Crippen LogP contribution in [0.2, 0.25) is 5.02 Å². The number of anilines is 2. The number of benzene rings is 4. The summed E-state index contributed by atoms with van der Waals surface area (Å²) in [6.07, 6.45) is 3.40. The first-order valence-electron chi connectivity index (χ1n) is 21.7. The minimum atomic E-state index is -6.00. The number of thioether (sulfide) groups is 1. The van der Waals surface area contributed by atoms with E-state index in [-0.39, 0.29) is 17.7 Å². The van der Waals surface area contributed by atoms with Crippen molar-refractivity contribution >= 4 is 54.9 Å². The molecule has 3 aliphatic heterocycles. The highest BCUT2D eigenvalue weighted by Gasteiger charge is 2.48. The molecule has 4 aromatic carbocycles. The number of nitrogens with zero attached hydrogens (tertiary/aromatic N) is 6. The van der Waals surface area contributed by atoms with Gasteiger partial charge in [0.2, 0.25) is 5.95 Å². The summed E-state index contributed by atoms with van der Waals surface area (Å²) in [5.41, 5.74) is -2.49. The summed E-state index contributed by atoms with van der Waals surface area (Å²) in [6, 6.07) is 28.3. The Bertz CT molecular complexity index is 2620. The summed E-state index contributed by atoms with van der Waals surface area (Å²) in [5.74, 6) is 0.842. The lowest BCUT2D eigenvalue weighted by molar-refractivity contribution is -0.0435. The molecule has 0 aliphatic carbocycles. The van der Waals surface area contributed by atoms with Crippen molar-refractivity contribution in [3.8, 4) is 11.1 Å². The maximum atomic E-state index is 14.3. The predicted molar refractivity (Wildman–Crippen MR) is 247 cm³/mol. The van der Waals surface area contributed by atoms with Gasteiger partial charge in [0.15, 0.2) is 0 Å². The van der Waals surface area contributed by atoms with Gasteiger partial charge in [-0.05, 0) is 97.9 Å². The number of likely N-dealkylation sites (tertiary alicyclic amines) is 1. The molecule has 4 heterocycles. The highest BCUT2D eigenvalue weighted by atomic mass is 35.5. The summed E-state index contributed by atoms with van der Waals surface area (Å²) in [4.78, 5) is 6.10. The lowest BCUT2D eigenvalue weighted by Gasteiger charge is -2.34. The Labute approximate surface area is 387 Å². The van der Waals surface area contributed by atoms with Crippen LogP contribution in [0.1, 0.15) is 37.1 Å². The lowest BCUT2D eigenvalue weighted by atomic mass is 9.99. The summed E-state index contributed by atoms with van der Waals surface area (Å²) < 4.78 is 106. The standard InChI is InChI=1S/C45H52ClF3N8O5S3/c46-35-14-12-33(13-15-35)40-11-5-4-7-34(40)30-55-20-6-8-37(19-22-55)56-23-24-57-43(31-56)51-52-44(57)53-65(60,61)39-16-17-41(42(29-39)64(58,59)45(47,48)49)50-36(18-21-54-25-27-62-28-26-54)32-63-38-9-2-1-3-10-38/h1-5,7,9-17,29,36-37,50H,6,8,18-28,30-32H2,(H,52,53). The smallest absolute Gasteiger partial charge is 0.380 e. The molecule has 348 valence electrons. The molecule has 0 spiro atoms. The second-order valence-corrected chi connectivity index (χ2v) is 21.6. The van der Waals surface area contributed by atoms with E-state index in [0.29, 0.717) is 81.6 Å². The summed E-state index contributed by atoms with van der Waals surface area (Å²) in [6.45, 7) is 7.19. The second kappa shape index (κ2) is 20.8. The van der Waals surface area contributed by atoms with E-state index in [1.807, 2.05) is 60.7 Å². The van der Waals surface area contributed by atoms with E-state index in [4.69, 9.17) is 16.3 Å². The van der Waals surface area contributed by atoms with Crippen LogP contribution in [0.5, 0.6) is 0 Å². The van der Waals surface area contributed by atoms with Gasteiger partial charge in [-0.15, -0.1) is 22.0 Å². The van der Waals surface area contributed by atoms with E-state index in [1.165, 1.54) is 22.9 Å². The van der Waals surface area contributed by atoms with Crippen LogP contribution in [0, 0.1) is 0 Å². The third-order valence-corrected chi connectivity index (χ3v) is 16.5. The van der Waals surface area contributed by atoms with Crippen LogP contribution in [-0.4, -0.2) is 122 Å². The molecule has 0 bridgehead atoms. The molecule has 2 atom stereocenters. The zero-order valence-electron chi connectivity index (χ0n) is 35.7. The largest absolute Gasteiger partial charge is 0.501 e. The number of rotatable bonds is 16. The molecule has 0 amide bonds. The fourth-order valence-corrected chi connectivity index (χ4v) is 11.8. The van der Waals surface area contributed by atoms with Gasteiger partial charge in [0.25, 0.3) is 19.9 Å². The number of halogens is 4. The van der Waals surface area contributed by atoms with Crippen molar-refractivity contribution in [2.24, 2.45) is 0 Å². The van der Waals surface area contributed by atoms with Gasteiger partial charge >= 0.3 is 5.51 Å². The molecule has 5 aromatic rings. The molecule has 13 nitrogen and oxygen atoms in total. The highest BCUT2D eigenvalue weighted by molar-refractivity contribution is 7.99. The molecule has 1 aromatic heterocycles. The van der Waals surface area contributed by atoms with Crippen LogP contribution >= 0.6 is 23.4 Å². The monoisotopic (exact) mass is 972 g/mol. The zero-order valence-corrected chi connectivity index (χ0v) is 38.9. The number of fused-ring (bicyclic) bond motifs is 1. The molecule has 2 unspecified atom stereocenters. The Balaban J connectivity index is 0.945. The Kier molecular flexibility index (Phi) is 15.1. The van der Waals surface area contributed by atoms with Gasteiger partial charge in [-0.25, -0.2) is 21.6 Å². The van der Waals surface area contributed by atoms with Crippen LogP contribution in [0.15, 0.2) is 112 Å². The summed E-state index contributed by atoms with van der Waals surface area (Å²) >= 11 is 7.63. The first kappa shape index (κ1) is 47.3. The van der Waals surface area contributed by atoms with Gasteiger partial charge in [-0.2, -0.15) is 13.2 Å². The number of alkyl halides is 3. The Morgan fingerprint density at radius 1 is 0.831 bits per heavy atom. The van der Waals surface area contributed by atoms with Crippen molar-refractivity contribution in [1.82, 2.24) is 29.5 Å². The molecule has 65 heavy (non-hydrogen) atoms. The zero-order chi connectivity index (χ0) is 45.6. The topological polar surface area (TPSA) is 142 Å². The number of hydrogen-bond donors (Lipinski definition) is 2. The average Bonchev–Trinajstić information content (AvgIpc) is 3.54. The number of hydrogen-bond acceptors (Lipinski definition) is 12. The van der Waals surface area contributed by atoms with Gasteiger partial charge in [0, 0.05) is 67.0 Å². The van der Waals surface area contributed by atoms with E-state index in [1.54, 1.807) is 4.57 Å². The van der Waals surface area contributed by atoms with E-state index in [2.05, 4.69) is 53.1 Å². The minimum absolute atomic E-state index is 0.102. The highest BCUT2D eigenvalue weighted by Crippen LogP contribution is 2.37. The SMILES string of the molecule is O=S(=O)(Nc1nnc2n1CCN(C1CCCN(Cc3ccccc3-c3ccc(Cl)cc3)CC1)C2)c1ccc(NC(CCN2CCOCC2)CSc2ccccc2)c(S(=O)(=O)C(F)(F)F)c1. The van der Waals surface area contributed by atoms with Gasteiger partial charge in [-0.1, -0.05) is 66.2 Å². The van der Waals surface area contributed by atoms with Gasteiger partial charge in [0.1, 0.15) is 10.7 Å². The quantitative estimate of drug-likeness (QED) is 0.0931. The fourth-order valence-electron chi connectivity index (χ4n) is 8.64. The number of aromatic nitrogens is 3. The van der Waals surface area contributed by atoms with Crippen molar-refractivity contribution in [3.05, 3.63) is 113 Å². The number of nitrogens with one attached hydrogen (secondary N) is 2. The van der Waals surface area contributed by atoms with E-state index in [0.717, 1.165) is 61.5 Å². The second-order valence-electron chi connectivity index (χ2n) is 16.5. The van der Waals surface area contributed by atoms with Crippen molar-refractivity contribution < 1.29 is 34.7 Å². The fraction of sp³-hybridized carbons (Fsp3) is 0.422. The van der Waals surface area contributed by atoms with Crippen LogP contribution in [0.25, 0.3) is 11.1 Å². The molecular weight excluding hydrogens is 921 g/mol. The summed E-state index contributed by atoms with van der Waals surface area (Å²) in [7, 11) is -10.6. The molecule has 2 saturated heterocycles. The third kappa shape index (κ3) is 11.7. The average molecular weight is 974 g/mol. The molecule has 0 saturated carbocycles. The van der Waals surface area contributed by atoms with E-state index < -0.39 is 41.2 Å². The third-order valence-electron chi connectivity index (χ3n) is 12.2. The maximum Gasteiger partial charge on any atom is 0.501 e. The molecule has 20 heteroatoms. The molecule has 3 aliphatic rings. The van der Waals surface area contributed by atoms with Crippen molar-refractivity contribution in [2.75, 3.05) is 68.3 Å².